The Labute approximate surface area is 177 Å². The molecule has 0 aliphatic rings. The van der Waals surface area contributed by atoms with Gasteiger partial charge in [-0.25, -0.2) is 4.98 Å². The molecular weight excluding hydrogens is 414 g/mol. The van der Waals surface area contributed by atoms with Crippen molar-refractivity contribution >= 4 is 57.1 Å². The van der Waals surface area contributed by atoms with Gasteiger partial charge in [0.1, 0.15) is 18.0 Å². The molecule has 0 fully saturated rings. The summed E-state index contributed by atoms with van der Waals surface area (Å²) in [4.78, 5) is 32.2. The number of aromatic nitrogens is 2. The van der Waals surface area contributed by atoms with Crippen LogP contribution in [0, 0.1) is 6.92 Å². The molecule has 3 aromatic rings. The number of methoxy groups -OCH3 is 1. The summed E-state index contributed by atoms with van der Waals surface area (Å²) in [5.41, 5.74) is 1.63. The van der Waals surface area contributed by atoms with Gasteiger partial charge < -0.3 is 19.3 Å². The molecule has 154 valence electrons. The van der Waals surface area contributed by atoms with E-state index in [-0.39, 0.29) is 12.0 Å². The molecule has 3 rings (SSSR count). The predicted molar refractivity (Wildman–Crippen MR) is 118 cm³/mol. The van der Waals surface area contributed by atoms with Crippen molar-refractivity contribution in [3.05, 3.63) is 39.0 Å². The van der Waals surface area contributed by atoms with Crippen LogP contribution in [0.25, 0.3) is 21.9 Å². The first-order valence-electron chi connectivity index (χ1n) is 8.92. The Morgan fingerprint density at radius 3 is 2.72 bits per heavy atom. The first-order chi connectivity index (χ1) is 13.8. The Hall–Kier alpha value is -2.29. The average Bonchev–Trinajstić information content (AvgIpc) is 2.68. The number of ether oxygens (including phenoxy) is 1. The number of benzene rings is 1. The van der Waals surface area contributed by atoms with Gasteiger partial charge in [-0.1, -0.05) is 17.7 Å². The van der Waals surface area contributed by atoms with Gasteiger partial charge in [0, 0.05) is 31.0 Å². The molecule has 0 saturated heterocycles. The van der Waals surface area contributed by atoms with Crippen LogP contribution in [0.15, 0.2) is 27.9 Å². The molecule has 29 heavy (non-hydrogen) atoms. The minimum absolute atomic E-state index is 0.215. The number of aliphatic carboxylic acids is 1. The molecular formula is C20H22ClN3O4S. The molecule has 0 radical (unpaired) electrons. The number of fused-ring (bicyclic) bond motifs is 2. The van der Waals surface area contributed by atoms with Crippen molar-refractivity contribution in [2.45, 2.75) is 18.4 Å². The molecule has 0 atom stereocenters. The van der Waals surface area contributed by atoms with Crippen LogP contribution in [-0.2, 0) is 16.1 Å². The summed E-state index contributed by atoms with van der Waals surface area (Å²) in [6, 6.07) is 5.17. The van der Waals surface area contributed by atoms with Gasteiger partial charge in [-0.05, 0) is 30.9 Å². The van der Waals surface area contributed by atoms with E-state index in [9.17, 15) is 14.7 Å². The fourth-order valence-electron chi connectivity index (χ4n) is 3.37. The van der Waals surface area contributed by atoms with Gasteiger partial charge >= 0.3 is 5.97 Å². The van der Waals surface area contributed by atoms with E-state index in [0.717, 1.165) is 10.5 Å². The largest absolute Gasteiger partial charge is 0.480 e. The van der Waals surface area contributed by atoms with Crippen LogP contribution < -0.4 is 10.3 Å². The Balaban J connectivity index is 2.46. The molecule has 0 unspecified atom stereocenters. The molecule has 0 aliphatic carbocycles. The number of aryl methyl sites for hydroxylation is 1. The van der Waals surface area contributed by atoms with Crippen molar-refractivity contribution in [1.29, 1.82) is 0 Å². The first kappa shape index (κ1) is 21.4. The number of carboxylic acid groups (broad SMARTS) is 1. The third-order valence-electron chi connectivity index (χ3n) is 4.77. The smallest absolute Gasteiger partial charge is 0.323 e. The lowest BCUT2D eigenvalue weighted by Gasteiger charge is -2.21. The van der Waals surface area contributed by atoms with E-state index in [1.807, 2.05) is 31.2 Å². The maximum Gasteiger partial charge on any atom is 0.323 e. The zero-order chi connectivity index (χ0) is 21.3. The summed E-state index contributed by atoms with van der Waals surface area (Å²) in [6.07, 6.45) is 1.90. The molecule has 7 nitrogen and oxygen atoms in total. The number of carbonyl (C=O) groups is 1. The molecule has 1 aromatic carbocycles. The number of anilines is 1. The zero-order valence-electron chi connectivity index (χ0n) is 16.7. The maximum absolute atomic E-state index is 13.2. The quantitative estimate of drug-likeness (QED) is 0.449. The summed E-state index contributed by atoms with van der Waals surface area (Å²) < 4.78 is 6.70. The number of thioether (sulfide) groups is 1. The Bertz CT molecular complexity index is 1160. The number of nitrogens with zero attached hydrogens (tertiary/aromatic N) is 3. The molecule has 0 amide bonds. The SMILES string of the molecule is COCCN(C)c1nc2c(cc1Cl)c(=O)c1ccc(C)c(SC)c1n2CC(=O)O. The van der Waals surface area contributed by atoms with Gasteiger partial charge in [0.05, 0.1) is 22.5 Å². The fraction of sp³-hybridized carbons (Fsp3) is 0.350. The van der Waals surface area contributed by atoms with E-state index < -0.39 is 5.97 Å². The van der Waals surface area contributed by atoms with E-state index in [1.165, 1.54) is 11.8 Å². The van der Waals surface area contributed by atoms with Gasteiger partial charge in [0.2, 0.25) is 0 Å². The average molecular weight is 436 g/mol. The van der Waals surface area contributed by atoms with E-state index in [1.54, 1.807) is 23.8 Å². The molecule has 2 aromatic heterocycles. The van der Waals surface area contributed by atoms with Crippen LogP contribution in [0.2, 0.25) is 5.02 Å². The van der Waals surface area contributed by atoms with Gasteiger partial charge in [0.25, 0.3) is 0 Å². The Kier molecular flexibility index (Phi) is 6.36. The highest BCUT2D eigenvalue weighted by atomic mass is 35.5. The maximum atomic E-state index is 13.2. The van der Waals surface area contributed by atoms with Crippen LogP contribution >= 0.6 is 23.4 Å². The molecule has 2 heterocycles. The molecule has 0 bridgehead atoms. The summed E-state index contributed by atoms with van der Waals surface area (Å²) in [6.45, 7) is 2.63. The normalized spacial score (nSPS) is 11.3. The number of halogens is 1. The molecule has 0 saturated carbocycles. The van der Waals surface area contributed by atoms with Crippen molar-refractivity contribution in [1.82, 2.24) is 9.55 Å². The molecule has 1 N–H and O–H groups in total. The number of pyridine rings is 2. The molecule has 9 heteroatoms. The number of carboxylic acids is 1. The van der Waals surface area contributed by atoms with Gasteiger partial charge in [-0.15, -0.1) is 11.8 Å². The second kappa shape index (κ2) is 8.61. The minimum atomic E-state index is -1.02. The molecule has 0 aliphatic heterocycles. The van der Waals surface area contributed by atoms with Crippen molar-refractivity contribution < 1.29 is 14.6 Å². The van der Waals surface area contributed by atoms with E-state index in [2.05, 4.69) is 4.98 Å². The first-order valence-corrected chi connectivity index (χ1v) is 10.5. The van der Waals surface area contributed by atoms with Crippen LogP contribution in [-0.4, -0.2) is 54.2 Å². The highest BCUT2D eigenvalue weighted by Gasteiger charge is 2.20. The highest BCUT2D eigenvalue weighted by Crippen LogP contribution is 2.33. The number of hydrogen-bond donors (Lipinski definition) is 1. The van der Waals surface area contributed by atoms with Crippen molar-refractivity contribution in [3.63, 3.8) is 0 Å². The van der Waals surface area contributed by atoms with Crippen molar-refractivity contribution in [2.24, 2.45) is 0 Å². The third-order valence-corrected chi connectivity index (χ3v) is 5.97. The number of rotatable bonds is 7. The third kappa shape index (κ3) is 3.92. The van der Waals surface area contributed by atoms with Crippen LogP contribution in [0.1, 0.15) is 5.56 Å². The second-order valence-electron chi connectivity index (χ2n) is 6.70. The lowest BCUT2D eigenvalue weighted by Crippen LogP contribution is -2.25. The lowest BCUT2D eigenvalue weighted by molar-refractivity contribution is -0.137. The van der Waals surface area contributed by atoms with E-state index >= 15 is 0 Å². The highest BCUT2D eigenvalue weighted by molar-refractivity contribution is 7.98. The predicted octanol–water partition coefficient (Wildman–Crippen LogP) is 3.40. The summed E-state index contributed by atoms with van der Waals surface area (Å²) in [5.74, 6) is -0.552. The van der Waals surface area contributed by atoms with Gasteiger partial charge in [0.15, 0.2) is 5.43 Å². The topological polar surface area (TPSA) is 84.7 Å². The van der Waals surface area contributed by atoms with E-state index in [0.29, 0.717) is 45.9 Å². The van der Waals surface area contributed by atoms with Crippen molar-refractivity contribution in [2.75, 3.05) is 38.5 Å². The monoisotopic (exact) mass is 435 g/mol. The lowest BCUT2D eigenvalue weighted by atomic mass is 10.1. The summed E-state index contributed by atoms with van der Waals surface area (Å²) in [7, 11) is 3.42. The van der Waals surface area contributed by atoms with Crippen LogP contribution in [0.4, 0.5) is 5.82 Å². The van der Waals surface area contributed by atoms with Crippen LogP contribution in [0.5, 0.6) is 0 Å². The van der Waals surface area contributed by atoms with Crippen molar-refractivity contribution in [3.8, 4) is 0 Å². The van der Waals surface area contributed by atoms with Crippen LogP contribution in [0.3, 0.4) is 0 Å². The Morgan fingerprint density at radius 2 is 2.10 bits per heavy atom. The van der Waals surface area contributed by atoms with Gasteiger partial charge in [-0.2, -0.15) is 0 Å². The molecule has 0 spiro atoms. The standard InChI is InChI=1S/C20H22ClN3O4S/c1-11-5-6-12-16(18(11)29-4)24(10-15(25)26)19-13(17(12)27)9-14(21)20(22-19)23(2)7-8-28-3/h5-6,9H,7-8,10H2,1-4H3,(H,25,26). The second-order valence-corrected chi connectivity index (χ2v) is 7.92. The fourth-order valence-corrected chi connectivity index (χ4v) is 4.46. The van der Waals surface area contributed by atoms with Gasteiger partial charge in [-0.3, -0.25) is 9.59 Å². The minimum Gasteiger partial charge on any atom is -0.480 e. The van der Waals surface area contributed by atoms with E-state index in [4.69, 9.17) is 16.3 Å². The number of hydrogen-bond acceptors (Lipinski definition) is 6. The zero-order valence-corrected chi connectivity index (χ0v) is 18.2. The summed E-state index contributed by atoms with van der Waals surface area (Å²) >= 11 is 7.90. The number of likely N-dealkylation sites (N-methyl/N-ethyl adjacent to an activating group) is 1. The Morgan fingerprint density at radius 1 is 1.38 bits per heavy atom. The summed E-state index contributed by atoms with van der Waals surface area (Å²) in [5, 5.41) is 10.6.